The fraction of sp³-hybridized carbons (Fsp3) is 0.538. The fourth-order valence-electron chi connectivity index (χ4n) is 2.43. The van der Waals surface area contributed by atoms with Gasteiger partial charge in [-0.2, -0.15) is 0 Å². The summed E-state index contributed by atoms with van der Waals surface area (Å²) in [6.07, 6.45) is 5.79. The maximum Gasteiger partial charge on any atom is 0.179 e. The van der Waals surface area contributed by atoms with Gasteiger partial charge in [0.1, 0.15) is 0 Å². The number of H-pyrrole nitrogens is 1. The number of hydrogen-bond acceptors (Lipinski definition) is 2. The SMILES string of the molecule is CCC1(Cn2c(=S)[nH]c3cc(C)cnc32)CC1. The maximum atomic E-state index is 5.41. The van der Waals surface area contributed by atoms with E-state index in [1.807, 2.05) is 6.20 Å². The van der Waals surface area contributed by atoms with E-state index in [4.69, 9.17) is 12.2 Å². The number of hydrogen-bond donors (Lipinski definition) is 1. The van der Waals surface area contributed by atoms with Crippen molar-refractivity contribution in [2.45, 2.75) is 39.7 Å². The molecule has 1 aliphatic carbocycles. The molecule has 2 aromatic rings. The monoisotopic (exact) mass is 247 g/mol. The highest BCUT2D eigenvalue weighted by Crippen LogP contribution is 2.50. The molecule has 90 valence electrons. The number of rotatable bonds is 3. The Morgan fingerprint density at radius 1 is 1.53 bits per heavy atom. The predicted octanol–water partition coefficient (Wildman–Crippen LogP) is 3.59. The summed E-state index contributed by atoms with van der Waals surface area (Å²) < 4.78 is 2.97. The van der Waals surface area contributed by atoms with E-state index in [0.29, 0.717) is 5.41 Å². The average Bonchev–Trinajstić information content (AvgIpc) is 3.01. The molecular weight excluding hydrogens is 230 g/mol. The molecule has 0 atom stereocenters. The van der Waals surface area contributed by atoms with Crippen LogP contribution < -0.4 is 0 Å². The first kappa shape index (κ1) is 11.0. The van der Waals surface area contributed by atoms with Crippen molar-refractivity contribution in [2.75, 3.05) is 0 Å². The standard InChI is InChI=1S/C13H17N3S/c1-3-13(4-5-13)8-16-11-10(15-12(16)17)6-9(2)7-14-11/h6-7H,3-5,8H2,1-2H3,(H,15,17). The molecule has 17 heavy (non-hydrogen) atoms. The Morgan fingerprint density at radius 3 is 2.94 bits per heavy atom. The quantitative estimate of drug-likeness (QED) is 0.841. The van der Waals surface area contributed by atoms with Crippen LogP contribution in [-0.2, 0) is 6.54 Å². The summed E-state index contributed by atoms with van der Waals surface area (Å²) in [5.74, 6) is 0. The minimum Gasteiger partial charge on any atom is -0.329 e. The van der Waals surface area contributed by atoms with Gasteiger partial charge in [-0.05, 0) is 55.4 Å². The van der Waals surface area contributed by atoms with Gasteiger partial charge in [-0.3, -0.25) is 0 Å². The zero-order chi connectivity index (χ0) is 12.0. The number of nitrogens with zero attached hydrogens (tertiary/aromatic N) is 2. The minimum absolute atomic E-state index is 0.486. The van der Waals surface area contributed by atoms with E-state index in [1.54, 1.807) is 0 Å². The van der Waals surface area contributed by atoms with Crippen LogP contribution in [0.1, 0.15) is 31.7 Å². The van der Waals surface area contributed by atoms with Crippen molar-refractivity contribution in [3.05, 3.63) is 22.6 Å². The molecule has 0 saturated heterocycles. The number of aromatic nitrogens is 3. The summed E-state index contributed by atoms with van der Waals surface area (Å²) in [7, 11) is 0. The van der Waals surface area contributed by atoms with Crippen molar-refractivity contribution in [3.8, 4) is 0 Å². The van der Waals surface area contributed by atoms with Crippen molar-refractivity contribution in [3.63, 3.8) is 0 Å². The zero-order valence-electron chi connectivity index (χ0n) is 10.3. The van der Waals surface area contributed by atoms with Crippen LogP contribution in [0.25, 0.3) is 11.2 Å². The van der Waals surface area contributed by atoms with E-state index in [0.717, 1.165) is 28.0 Å². The zero-order valence-corrected chi connectivity index (χ0v) is 11.1. The molecule has 1 saturated carbocycles. The Morgan fingerprint density at radius 2 is 2.29 bits per heavy atom. The van der Waals surface area contributed by atoms with Gasteiger partial charge in [-0.25, -0.2) is 4.98 Å². The molecule has 0 bridgehead atoms. The van der Waals surface area contributed by atoms with Crippen molar-refractivity contribution in [2.24, 2.45) is 5.41 Å². The normalized spacial score (nSPS) is 17.5. The topological polar surface area (TPSA) is 33.6 Å². The van der Waals surface area contributed by atoms with Crippen molar-refractivity contribution < 1.29 is 0 Å². The largest absolute Gasteiger partial charge is 0.329 e. The summed E-state index contributed by atoms with van der Waals surface area (Å²) in [6.45, 7) is 5.33. The molecule has 0 aliphatic heterocycles. The summed E-state index contributed by atoms with van der Waals surface area (Å²) in [5.41, 5.74) is 3.71. The Bertz CT molecular complexity index is 619. The van der Waals surface area contributed by atoms with Crippen molar-refractivity contribution in [1.82, 2.24) is 14.5 Å². The first-order valence-corrected chi connectivity index (χ1v) is 6.59. The molecule has 1 N–H and O–H groups in total. The Labute approximate surface area is 106 Å². The first-order chi connectivity index (χ1) is 8.13. The Kier molecular flexibility index (Phi) is 2.36. The van der Waals surface area contributed by atoms with E-state index < -0.39 is 0 Å². The average molecular weight is 247 g/mol. The molecule has 3 rings (SSSR count). The van der Waals surface area contributed by atoms with Gasteiger partial charge in [0.15, 0.2) is 10.4 Å². The molecule has 0 unspecified atom stereocenters. The van der Waals surface area contributed by atoms with Gasteiger partial charge >= 0.3 is 0 Å². The number of pyridine rings is 1. The molecule has 0 radical (unpaired) electrons. The number of aromatic amines is 1. The predicted molar refractivity (Wildman–Crippen MR) is 71.6 cm³/mol. The van der Waals surface area contributed by atoms with Gasteiger partial charge in [0.25, 0.3) is 0 Å². The first-order valence-electron chi connectivity index (χ1n) is 6.19. The number of fused-ring (bicyclic) bond motifs is 1. The van der Waals surface area contributed by atoms with Crippen LogP contribution in [0.15, 0.2) is 12.3 Å². The molecule has 2 aromatic heterocycles. The van der Waals surface area contributed by atoms with E-state index in [9.17, 15) is 0 Å². The molecule has 0 aromatic carbocycles. The molecular formula is C13H17N3S. The highest BCUT2D eigenvalue weighted by atomic mass is 32.1. The van der Waals surface area contributed by atoms with E-state index in [1.165, 1.54) is 19.3 Å². The lowest BCUT2D eigenvalue weighted by atomic mass is 10.0. The van der Waals surface area contributed by atoms with Crippen LogP contribution in [0, 0.1) is 17.1 Å². The van der Waals surface area contributed by atoms with E-state index >= 15 is 0 Å². The lowest BCUT2D eigenvalue weighted by molar-refractivity contribution is 0.411. The highest BCUT2D eigenvalue weighted by molar-refractivity contribution is 7.71. The van der Waals surface area contributed by atoms with Gasteiger partial charge < -0.3 is 9.55 Å². The van der Waals surface area contributed by atoms with Crippen LogP contribution in [-0.4, -0.2) is 14.5 Å². The molecule has 3 nitrogen and oxygen atoms in total. The van der Waals surface area contributed by atoms with Gasteiger partial charge in [-0.15, -0.1) is 0 Å². The van der Waals surface area contributed by atoms with Crippen LogP contribution in [0.4, 0.5) is 0 Å². The smallest absolute Gasteiger partial charge is 0.179 e. The molecule has 0 amide bonds. The van der Waals surface area contributed by atoms with Crippen molar-refractivity contribution in [1.29, 1.82) is 0 Å². The Balaban J connectivity index is 2.09. The third-order valence-corrected chi connectivity index (χ3v) is 4.27. The van der Waals surface area contributed by atoms with E-state index in [2.05, 4.69) is 34.4 Å². The molecule has 1 aliphatic rings. The minimum atomic E-state index is 0.486. The van der Waals surface area contributed by atoms with Crippen LogP contribution >= 0.6 is 12.2 Å². The van der Waals surface area contributed by atoms with Gasteiger partial charge in [0.05, 0.1) is 5.52 Å². The maximum absolute atomic E-state index is 5.41. The summed E-state index contributed by atoms with van der Waals surface area (Å²) in [4.78, 5) is 7.77. The molecule has 2 heterocycles. The van der Waals surface area contributed by atoms with Crippen molar-refractivity contribution >= 4 is 23.4 Å². The van der Waals surface area contributed by atoms with Gasteiger partial charge in [0, 0.05) is 12.7 Å². The second-order valence-electron chi connectivity index (χ2n) is 5.25. The van der Waals surface area contributed by atoms with E-state index in [-0.39, 0.29) is 0 Å². The fourth-order valence-corrected chi connectivity index (χ4v) is 2.69. The summed E-state index contributed by atoms with van der Waals surface area (Å²) in [5, 5.41) is 0. The van der Waals surface area contributed by atoms with Crippen LogP contribution in [0.3, 0.4) is 0 Å². The molecule has 4 heteroatoms. The van der Waals surface area contributed by atoms with Crippen LogP contribution in [0.5, 0.6) is 0 Å². The van der Waals surface area contributed by atoms with Crippen LogP contribution in [0.2, 0.25) is 0 Å². The number of nitrogens with one attached hydrogen (secondary N) is 1. The summed E-state index contributed by atoms with van der Waals surface area (Å²) in [6, 6.07) is 2.11. The Hall–Kier alpha value is -1.16. The van der Waals surface area contributed by atoms with Gasteiger partial charge in [-0.1, -0.05) is 6.92 Å². The second-order valence-corrected chi connectivity index (χ2v) is 5.64. The molecule has 1 fully saturated rings. The summed E-state index contributed by atoms with van der Waals surface area (Å²) >= 11 is 5.41. The number of imidazole rings is 1. The lowest BCUT2D eigenvalue weighted by Crippen LogP contribution is -2.11. The van der Waals surface area contributed by atoms with Gasteiger partial charge in [0.2, 0.25) is 0 Å². The highest BCUT2D eigenvalue weighted by Gasteiger charge is 2.41. The second kappa shape index (κ2) is 3.67. The molecule has 0 spiro atoms. The third-order valence-electron chi connectivity index (χ3n) is 3.95. The lowest BCUT2D eigenvalue weighted by Gasteiger charge is -2.13. The number of aryl methyl sites for hydroxylation is 1. The third kappa shape index (κ3) is 1.80.